The lowest BCUT2D eigenvalue weighted by Gasteiger charge is -2.19. The van der Waals surface area contributed by atoms with Crippen LogP contribution in [0.25, 0.3) is 0 Å². The zero-order valence-electron chi connectivity index (χ0n) is 12.1. The van der Waals surface area contributed by atoms with Gasteiger partial charge in [0.25, 0.3) is 0 Å². The molecule has 0 aliphatic heterocycles. The van der Waals surface area contributed by atoms with Gasteiger partial charge in [-0.25, -0.2) is 0 Å². The van der Waals surface area contributed by atoms with Gasteiger partial charge in [-0.15, -0.1) is 0 Å². The van der Waals surface area contributed by atoms with Gasteiger partial charge >= 0.3 is 0 Å². The van der Waals surface area contributed by atoms with Gasteiger partial charge in [0.05, 0.1) is 12.2 Å². The number of unbranched alkanes of at least 4 members (excludes halogenated alkanes) is 2. The van der Waals surface area contributed by atoms with E-state index in [9.17, 15) is 15.3 Å². The highest BCUT2D eigenvalue weighted by Gasteiger charge is 2.39. The average molecular weight is 266 g/mol. The standard InChI is InChI=1S/C15H27BO3/c1-2-3-4-5-6-7-11-12(8-9-15(16)19)14(18)10-13(11)17/h5-6,8-9,11-15,17-19H,2-4,7,10,16H2,1H3/b6-5-,9-8+/t11-,12-,13+,14-,15?/m1/s1. The molecule has 0 amide bonds. The Morgan fingerprint density at radius 1 is 1.26 bits per heavy atom. The van der Waals surface area contributed by atoms with Gasteiger partial charge in [0, 0.05) is 18.3 Å². The van der Waals surface area contributed by atoms with E-state index in [0.29, 0.717) is 6.42 Å². The molecule has 0 saturated heterocycles. The second kappa shape index (κ2) is 8.57. The fraction of sp³-hybridized carbons (Fsp3) is 0.733. The normalized spacial score (nSPS) is 33.5. The van der Waals surface area contributed by atoms with E-state index in [0.717, 1.165) is 12.8 Å². The molecule has 108 valence electrons. The summed E-state index contributed by atoms with van der Waals surface area (Å²) in [6, 6.07) is -0.509. The molecule has 1 saturated carbocycles. The molecule has 4 heteroatoms. The SMILES string of the molecule is BC(O)/C=C/[C@@H]1[C@@H](C/C=C\CCCC)[C@@H](O)C[C@H]1O. The van der Waals surface area contributed by atoms with Gasteiger partial charge < -0.3 is 15.3 Å². The van der Waals surface area contributed by atoms with Crippen molar-refractivity contribution in [3.05, 3.63) is 24.3 Å². The van der Waals surface area contributed by atoms with Crippen LogP contribution in [-0.4, -0.2) is 41.4 Å². The van der Waals surface area contributed by atoms with E-state index in [-0.39, 0.29) is 11.8 Å². The zero-order valence-corrected chi connectivity index (χ0v) is 12.1. The highest BCUT2D eigenvalue weighted by molar-refractivity contribution is 6.12. The predicted molar refractivity (Wildman–Crippen MR) is 80.6 cm³/mol. The Kier molecular flexibility index (Phi) is 7.43. The van der Waals surface area contributed by atoms with Crippen molar-refractivity contribution >= 4 is 7.85 Å². The van der Waals surface area contributed by atoms with Crippen LogP contribution in [0.15, 0.2) is 24.3 Å². The van der Waals surface area contributed by atoms with Crippen LogP contribution in [0.3, 0.4) is 0 Å². The molecule has 1 fully saturated rings. The van der Waals surface area contributed by atoms with Crippen molar-refractivity contribution < 1.29 is 15.3 Å². The highest BCUT2D eigenvalue weighted by Crippen LogP contribution is 2.36. The summed E-state index contributed by atoms with van der Waals surface area (Å²) in [5.74, 6) is 0.00306. The first-order valence-corrected chi connectivity index (χ1v) is 7.43. The molecule has 1 rings (SSSR count). The van der Waals surface area contributed by atoms with Crippen LogP contribution < -0.4 is 0 Å². The third kappa shape index (κ3) is 5.51. The van der Waals surface area contributed by atoms with Crippen LogP contribution in [0.4, 0.5) is 0 Å². The molecule has 1 aliphatic rings. The maximum atomic E-state index is 10.0. The first-order chi connectivity index (χ1) is 9.06. The number of aliphatic hydroxyl groups is 3. The molecule has 0 aromatic rings. The third-order valence-electron chi connectivity index (χ3n) is 3.83. The minimum atomic E-state index is -0.509. The van der Waals surface area contributed by atoms with E-state index in [1.54, 1.807) is 13.9 Å². The molecule has 3 N–H and O–H groups in total. The summed E-state index contributed by atoms with van der Waals surface area (Å²) in [5.41, 5.74) is 0. The molecule has 0 spiro atoms. The number of rotatable bonds is 7. The van der Waals surface area contributed by atoms with E-state index in [1.165, 1.54) is 12.8 Å². The minimum Gasteiger partial charge on any atom is -0.398 e. The summed E-state index contributed by atoms with van der Waals surface area (Å²) in [7, 11) is 1.69. The van der Waals surface area contributed by atoms with E-state index >= 15 is 0 Å². The van der Waals surface area contributed by atoms with E-state index < -0.39 is 18.2 Å². The summed E-state index contributed by atoms with van der Waals surface area (Å²) in [5, 5.41) is 29.3. The predicted octanol–water partition coefficient (Wildman–Crippen LogP) is 0.988. The van der Waals surface area contributed by atoms with Gasteiger partial charge in [0.15, 0.2) is 0 Å². The molecule has 1 aliphatic carbocycles. The van der Waals surface area contributed by atoms with Crippen LogP contribution in [0.1, 0.15) is 39.0 Å². The van der Waals surface area contributed by atoms with Gasteiger partial charge in [0.2, 0.25) is 0 Å². The number of hydrogen-bond acceptors (Lipinski definition) is 3. The van der Waals surface area contributed by atoms with Crippen LogP contribution in [0.5, 0.6) is 0 Å². The number of allylic oxidation sites excluding steroid dienone is 2. The largest absolute Gasteiger partial charge is 0.398 e. The lowest BCUT2D eigenvalue weighted by molar-refractivity contribution is 0.120. The summed E-state index contributed by atoms with van der Waals surface area (Å²) in [6.45, 7) is 2.17. The quantitative estimate of drug-likeness (QED) is 0.366. The van der Waals surface area contributed by atoms with Crippen molar-refractivity contribution in [2.24, 2.45) is 11.8 Å². The number of hydrogen-bond donors (Lipinski definition) is 3. The Bertz CT molecular complexity index is 302. The molecule has 0 aromatic heterocycles. The van der Waals surface area contributed by atoms with Crippen molar-refractivity contribution in [3.63, 3.8) is 0 Å². The Hall–Kier alpha value is -0.575. The fourth-order valence-corrected chi connectivity index (χ4v) is 2.69. The van der Waals surface area contributed by atoms with Crippen molar-refractivity contribution in [1.29, 1.82) is 0 Å². The second-order valence-corrected chi connectivity index (χ2v) is 5.59. The van der Waals surface area contributed by atoms with Crippen LogP contribution >= 0.6 is 0 Å². The highest BCUT2D eigenvalue weighted by atomic mass is 16.3. The van der Waals surface area contributed by atoms with Gasteiger partial charge in [-0.2, -0.15) is 0 Å². The molecular formula is C15H27BO3. The maximum Gasteiger partial charge on any atom is 0.143 e. The monoisotopic (exact) mass is 266 g/mol. The van der Waals surface area contributed by atoms with E-state index in [4.69, 9.17) is 0 Å². The Balaban J connectivity index is 2.54. The maximum absolute atomic E-state index is 10.0. The second-order valence-electron chi connectivity index (χ2n) is 5.59. The topological polar surface area (TPSA) is 60.7 Å². The Labute approximate surface area is 117 Å². The average Bonchev–Trinajstić information content (AvgIpc) is 2.61. The van der Waals surface area contributed by atoms with Gasteiger partial charge in [0.1, 0.15) is 7.85 Å². The molecule has 0 aromatic carbocycles. The zero-order chi connectivity index (χ0) is 14.3. The van der Waals surface area contributed by atoms with Crippen molar-refractivity contribution in [2.45, 2.75) is 57.2 Å². The first kappa shape index (κ1) is 16.5. The Morgan fingerprint density at radius 2 is 2.00 bits per heavy atom. The van der Waals surface area contributed by atoms with E-state index in [1.807, 2.05) is 6.08 Å². The lowest BCUT2D eigenvalue weighted by Crippen LogP contribution is -2.20. The first-order valence-electron chi connectivity index (χ1n) is 7.43. The van der Waals surface area contributed by atoms with Crippen LogP contribution in [-0.2, 0) is 0 Å². The number of aliphatic hydroxyl groups excluding tert-OH is 3. The third-order valence-corrected chi connectivity index (χ3v) is 3.83. The Morgan fingerprint density at radius 3 is 2.63 bits per heavy atom. The van der Waals surface area contributed by atoms with Gasteiger partial charge in [-0.05, 0) is 18.8 Å². The molecule has 5 atom stereocenters. The summed E-state index contributed by atoms with van der Waals surface area (Å²) < 4.78 is 0. The fourth-order valence-electron chi connectivity index (χ4n) is 2.69. The molecule has 19 heavy (non-hydrogen) atoms. The van der Waals surface area contributed by atoms with Crippen molar-refractivity contribution in [1.82, 2.24) is 0 Å². The molecule has 0 radical (unpaired) electrons. The molecule has 1 unspecified atom stereocenters. The minimum absolute atomic E-state index is 0.0552. The van der Waals surface area contributed by atoms with E-state index in [2.05, 4.69) is 19.1 Å². The molecule has 0 bridgehead atoms. The van der Waals surface area contributed by atoms with Gasteiger partial charge in [-0.3, -0.25) is 0 Å². The molecule has 0 heterocycles. The summed E-state index contributed by atoms with van der Waals surface area (Å²) >= 11 is 0. The van der Waals surface area contributed by atoms with Crippen molar-refractivity contribution in [3.8, 4) is 0 Å². The van der Waals surface area contributed by atoms with Crippen LogP contribution in [0, 0.1) is 11.8 Å². The molecular weight excluding hydrogens is 239 g/mol. The van der Waals surface area contributed by atoms with Gasteiger partial charge in [-0.1, -0.05) is 44.1 Å². The molecule has 3 nitrogen and oxygen atoms in total. The van der Waals surface area contributed by atoms with Crippen LogP contribution in [0.2, 0.25) is 0 Å². The smallest absolute Gasteiger partial charge is 0.143 e. The summed E-state index contributed by atoms with van der Waals surface area (Å²) in [4.78, 5) is 0. The lowest BCUT2D eigenvalue weighted by atomic mass is 9.88. The van der Waals surface area contributed by atoms with Crippen molar-refractivity contribution in [2.75, 3.05) is 0 Å². The summed E-state index contributed by atoms with van der Waals surface area (Å²) in [6.07, 6.45) is 11.6.